The highest BCUT2D eigenvalue weighted by atomic mass is 32.1. The van der Waals surface area contributed by atoms with Crippen molar-refractivity contribution < 1.29 is 4.79 Å². The average Bonchev–Trinajstić information content (AvgIpc) is 2.97. The highest BCUT2D eigenvalue weighted by molar-refractivity contribution is 7.12. The minimum atomic E-state index is -0.0579. The molecule has 0 atom stereocenters. The molecule has 2 heterocycles. The van der Waals surface area contributed by atoms with E-state index in [9.17, 15) is 4.79 Å². The Kier molecular flexibility index (Phi) is 3.88. The summed E-state index contributed by atoms with van der Waals surface area (Å²) in [6.07, 6.45) is 4.83. The van der Waals surface area contributed by atoms with Crippen LogP contribution >= 0.6 is 11.3 Å². The molecule has 18 heavy (non-hydrogen) atoms. The largest absolute Gasteiger partial charge is 0.335 e. The van der Waals surface area contributed by atoms with Gasteiger partial charge in [-0.2, -0.15) is 5.10 Å². The highest BCUT2D eigenvalue weighted by Crippen LogP contribution is 2.16. The second-order valence-electron chi connectivity index (χ2n) is 3.91. The first-order valence-electron chi connectivity index (χ1n) is 5.49. The number of rotatable bonds is 4. The number of aromatic nitrogens is 3. The number of carbonyl (C=O) groups excluding carboxylic acids is 1. The van der Waals surface area contributed by atoms with Gasteiger partial charge in [-0.15, -0.1) is 11.3 Å². The third kappa shape index (κ3) is 3.27. The fourth-order valence-corrected chi connectivity index (χ4v) is 2.21. The maximum absolute atomic E-state index is 11.8. The monoisotopic (exact) mass is 262 g/mol. The summed E-state index contributed by atoms with van der Waals surface area (Å²) in [7, 11) is 1.73. The second-order valence-corrected chi connectivity index (χ2v) is 5.23. The van der Waals surface area contributed by atoms with E-state index in [1.54, 1.807) is 29.4 Å². The summed E-state index contributed by atoms with van der Waals surface area (Å²) in [6.45, 7) is 2.46. The Morgan fingerprint density at radius 1 is 1.56 bits per heavy atom. The first-order chi connectivity index (χ1) is 8.65. The van der Waals surface area contributed by atoms with Crippen molar-refractivity contribution in [1.29, 1.82) is 0 Å². The number of hydrogen-bond donors (Lipinski definition) is 1. The molecule has 1 amide bonds. The molecule has 0 aromatic carbocycles. The fraction of sp³-hybridized carbons (Fsp3) is 0.250. The van der Waals surface area contributed by atoms with E-state index in [1.807, 2.05) is 25.1 Å². The van der Waals surface area contributed by atoms with Gasteiger partial charge in [0.15, 0.2) is 0 Å². The van der Waals surface area contributed by atoms with Gasteiger partial charge in [-0.3, -0.25) is 9.89 Å². The number of aromatic amines is 1. The first-order valence-corrected chi connectivity index (χ1v) is 6.30. The van der Waals surface area contributed by atoms with Gasteiger partial charge in [-0.05, 0) is 25.1 Å². The Balaban J connectivity index is 1.93. The molecule has 0 aliphatic carbocycles. The predicted molar refractivity (Wildman–Crippen MR) is 70.9 cm³/mol. The van der Waals surface area contributed by atoms with Crippen LogP contribution in [-0.4, -0.2) is 33.0 Å². The van der Waals surface area contributed by atoms with Crippen molar-refractivity contribution >= 4 is 23.3 Å². The Labute approximate surface area is 109 Å². The second kappa shape index (κ2) is 5.59. The molecule has 6 heteroatoms. The molecule has 0 unspecified atom stereocenters. The zero-order valence-electron chi connectivity index (χ0n) is 10.3. The summed E-state index contributed by atoms with van der Waals surface area (Å²) in [6, 6.07) is 4.03. The molecule has 0 fully saturated rings. The van der Waals surface area contributed by atoms with Crippen LogP contribution in [0.4, 0.5) is 0 Å². The SMILES string of the molecule is Cc1ccc(C=CC(=O)N(C)Cc2ncn[nH]2)s1. The van der Waals surface area contributed by atoms with Gasteiger partial charge in [0.05, 0.1) is 6.54 Å². The van der Waals surface area contributed by atoms with E-state index in [-0.39, 0.29) is 5.91 Å². The molecule has 0 bridgehead atoms. The molecular weight excluding hydrogens is 248 g/mol. The normalized spacial score (nSPS) is 11.0. The van der Waals surface area contributed by atoms with Crippen molar-refractivity contribution in [2.75, 3.05) is 7.05 Å². The van der Waals surface area contributed by atoms with Crippen LogP contribution in [0.2, 0.25) is 0 Å². The van der Waals surface area contributed by atoms with Gasteiger partial charge in [-0.1, -0.05) is 0 Å². The van der Waals surface area contributed by atoms with Crippen molar-refractivity contribution in [2.45, 2.75) is 13.5 Å². The zero-order chi connectivity index (χ0) is 13.0. The number of likely N-dealkylation sites (N-methyl/N-ethyl adjacent to an activating group) is 1. The van der Waals surface area contributed by atoms with Gasteiger partial charge in [0.2, 0.25) is 5.91 Å². The molecule has 0 aliphatic rings. The van der Waals surface area contributed by atoms with Crippen LogP contribution in [0.1, 0.15) is 15.6 Å². The maximum Gasteiger partial charge on any atom is 0.246 e. The lowest BCUT2D eigenvalue weighted by Gasteiger charge is -2.12. The van der Waals surface area contributed by atoms with E-state index in [2.05, 4.69) is 15.2 Å². The van der Waals surface area contributed by atoms with Crippen molar-refractivity contribution in [3.63, 3.8) is 0 Å². The van der Waals surface area contributed by atoms with Crippen molar-refractivity contribution in [3.8, 4) is 0 Å². The van der Waals surface area contributed by atoms with E-state index in [4.69, 9.17) is 0 Å². The van der Waals surface area contributed by atoms with E-state index in [0.29, 0.717) is 12.4 Å². The molecule has 0 radical (unpaired) electrons. The molecular formula is C12H14N4OS. The van der Waals surface area contributed by atoms with Crippen LogP contribution in [-0.2, 0) is 11.3 Å². The summed E-state index contributed by atoms with van der Waals surface area (Å²) in [5.74, 6) is 0.615. The van der Waals surface area contributed by atoms with E-state index >= 15 is 0 Å². The molecule has 0 aliphatic heterocycles. The Morgan fingerprint density at radius 2 is 2.39 bits per heavy atom. The van der Waals surface area contributed by atoms with Gasteiger partial charge < -0.3 is 4.90 Å². The number of nitrogens with zero attached hydrogens (tertiary/aromatic N) is 3. The summed E-state index contributed by atoms with van der Waals surface area (Å²) in [5.41, 5.74) is 0. The Hall–Kier alpha value is -1.95. The van der Waals surface area contributed by atoms with Crippen LogP contribution < -0.4 is 0 Å². The fourth-order valence-electron chi connectivity index (χ4n) is 1.43. The summed E-state index contributed by atoms with van der Waals surface area (Å²) in [4.78, 5) is 19.7. The average molecular weight is 262 g/mol. The van der Waals surface area contributed by atoms with Crippen LogP contribution in [0.3, 0.4) is 0 Å². The molecule has 2 rings (SSSR count). The number of aryl methyl sites for hydroxylation is 1. The van der Waals surface area contributed by atoms with Gasteiger partial charge in [-0.25, -0.2) is 4.98 Å². The molecule has 94 valence electrons. The van der Waals surface area contributed by atoms with E-state index in [0.717, 1.165) is 4.88 Å². The smallest absolute Gasteiger partial charge is 0.246 e. The Bertz CT molecular complexity index is 544. The molecule has 0 saturated carbocycles. The van der Waals surface area contributed by atoms with Gasteiger partial charge in [0.25, 0.3) is 0 Å². The lowest BCUT2D eigenvalue weighted by molar-refractivity contribution is -0.125. The topological polar surface area (TPSA) is 61.9 Å². The van der Waals surface area contributed by atoms with E-state index < -0.39 is 0 Å². The molecule has 0 saturated heterocycles. The van der Waals surface area contributed by atoms with Crippen LogP contribution in [0.5, 0.6) is 0 Å². The number of nitrogens with one attached hydrogen (secondary N) is 1. The van der Waals surface area contributed by atoms with Crippen LogP contribution in [0.15, 0.2) is 24.5 Å². The minimum Gasteiger partial charge on any atom is -0.335 e. The highest BCUT2D eigenvalue weighted by Gasteiger charge is 2.07. The molecule has 2 aromatic heterocycles. The molecule has 0 spiro atoms. The van der Waals surface area contributed by atoms with E-state index in [1.165, 1.54) is 11.2 Å². The minimum absolute atomic E-state index is 0.0579. The Morgan fingerprint density at radius 3 is 3.00 bits per heavy atom. The van der Waals surface area contributed by atoms with Crippen molar-refractivity contribution in [3.05, 3.63) is 40.1 Å². The standard InChI is InChI=1S/C12H14N4OS/c1-9-3-4-10(18-9)5-6-12(17)16(2)7-11-13-8-14-15-11/h3-6,8H,7H2,1-2H3,(H,13,14,15). The molecule has 2 aromatic rings. The number of amides is 1. The third-order valence-corrected chi connectivity index (χ3v) is 3.35. The first kappa shape index (κ1) is 12.5. The van der Waals surface area contributed by atoms with Gasteiger partial charge in [0.1, 0.15) is 12.2 Å². The van der Waals surface area contributed by atoms with Gasteiger partial charge >= 0.3 is 0 Å². The summed E-state index contributed by atoms with van der Waals surface area (Å²) in [5, 5.41) is 6.46. The third-order valence-electron chi connectivity index (χ3n) is 2.38. The van der Waals surface area contributed by atoms with Crippen molar-refractivity contribution in [1.82, 2.24) is 20.1 Å². The lowest BCUT2D eigenvalue weighted by atomic mass is 10.3. The number of carbonyl (C=O) groups is 1. The summed E-state index contributed by atoms with van der Waals surface area (Å²) < 4.78 is 0. The summed E-state index contributed by atoms with van der Waals surface area (Å²) >= 11 is 1.66. The molecule has 1 N–H and O–H groups in total. The molecule has 5 nitrogen and oxygen atoms in total. The van der Waals surface area contributed by atoms with Crippen LogP contribution in [0, 0.1) is 6.92 Å². The number of thiophene rings is 1. The number of hydrogen-bond acceptors (Lipinski definition) is 4. The quantitative estimate of drug-likeness (QED) is 0.855. The van der Waals surface area contributed by atoms with Gasteiger partial charge in [0, 0.05) is 22.9 Å². The maximum atomic E-state index is 11.8. The number of H-pyrrole nitrogens is 1. The lowest BCUT2D eigenvalue weighted by Crippen LogP contribution is -2.24. The zero-order valence-corrected chi connectivity index (χ0v) is 11.1. The predicted octanol–water partition coefficient (Wildman–Crippen LogP) is 1.85. The van der Waals surface area contributed by atoms with Crippen LogP contribution in [0.25, 0.3) is 6.08 Å². The van der Waals surface area contributed by atoms with Crippen molar-refractivity contribution in [2.24, 2.45) is 0 Å².